The molecule has 24 heavy (non-hydrogen) atoms. The van der Waals surface area contributed by atoms with E-state index in [9.17, 15) is 14.4 Å². The lowest BCUT2D eigenvalue weighted by atomic mass is 9.98. The Labute approximate surface area is 142 Å². The molecule has 0 bridgehead atoms. The van der Waals surface area contributed by atoms with Crippen molar-refractivity contribution in [1.82, 2.24) is 15.7 Å². The van der Waals surface area contributed by atoms with Gasteiger partial charge in [-0.25, -0.2) is 9.86 Å². The van der Waals surface area contributed by atoms with Crippen LogP contribution in [-0.4, -0.2) is 55.3 Å². The van der Waals surface area contributed by atoms with Gasteiger partial charge in [0, 0.05) is 25.6 Å². The maximum Gasteiger partial charge on any atom is 0.408 e. The zero-order valence-electron chi connectivity index (χ0n) is 14.9. The largest absolute Gasteiger partial charge is 0.444 e. The fourth-order valence-corrected chi connectivity index (χ4v) is 2.21. The van der Waals surface area contributed by atoms with E-state index >= 15 is 0 Å². The average molecular weight is 341 g/mol. The molecule has 0 unspecified atom stereocenters. The molecule has 0 saturated carbocycles. The summed E-state index contributed by atoms with van der Waals surface area (Å²) in [7, 11) is 2.86. The van der Waals surface area contributed by atoms with Crippen molar-refractivity contribution in [2.75, 3.05) is 20.7 Å². The van der Waals surface area contributed by atoms with Crippen LogP contribution in [-0.2, 0) is 19.2 Å². The summed E-state index contributed by atoms with van der Waals surface area (Å²) in [6.07, 6.45) is 3.35. The summed E-state index contributed by atoms with van der Waals surface area (Å²) >= 11 is 0. The number of hydrogen-bond donors (Lipinski definition) is 2. The molecule has 1 saturated heterocycles. The first-order chi connectivity index (χ1) is 11.1. The molecule has 8 nitrogen and oxygen atoms in total. The molecule has 1 aliphatic heterocycles. The van der Waals surface area contributed by atoms with Crippen LogP contribution in [0.1, 0.15) is 33.6 Å². The lowest BCUT2D eigenvalue weighted by molar-refractivity contribution is -0.162. The molecule has 3 amide bonds. The van der Waals surface area contributed by atoms with Gasteiger partial charge < -0.3 is 15.4 Å². The topological polar surface area (TPSA) is 97.0 Å². The molecule has 0 aromatic heterocycles. The molecule has 1 fully saturated rings. The molecule has 1 rings (SSSR count). The molecule has 1 aliphatic rings. The van der Waals surface area contributed by atoms with Crippen molar-refractivity contribution >= 4 is 17.9 Å². The fourth-order valence-electron chi connectivity index (χ4n) is 2.21. The van der Waals surface area contributed by atoms with Gasteiger partial charge in [-0.05, 0) is 33.6 Å². The van der Waals surface area contributed by atoms with Gasteiger partial charge in [0.05, 0.1) is 13.2 Å². The molecule has 136 valence electrons. The van der Waals surface area contributed by atoms with E-state index in [1.165, 1.54) is 20.2 Å². The van der Waals surface area contributed by atoms with Crippen LogP contribution < -0.4 is 10.6 Å². The van der Waals surface area contributed by atoms with Crippen molar-refractivity contribution in [3.63, 3.8) is 0 Å². The summed E-state index contributed by atoms with van der Waals surface area (Å²) in [5, 5.41) is 6.51. The molecule has 0 aromatic rings. The van der Waals surface area contributed by atoms with E-state index in [0.29, 0.717) is 19.4 Å². The minimum Gasteiger partial charge on any atom is -0.444 e. The third-order valence-electron chi connectivity index (χ3n) is 3.46. The van der Waals surface area contributed by atoms with Gasteiger partial charge in [-0.3, -0.25) is 14.4 Å². The second kappa shape index (κ2) is 8.68. The van der Waals surface area contributed by atoms with Crippen molar-refractivity contribution in [2.45, 2.75) is 45.3 Å². The van der Waals surface area contributed by atoms with E-state index in [2.05, 4.69) is 10.6 Å². The van der Waals surface area contributed by atoms with E-state index in [0.717, 1.165) is 5.06 Å². The maximum absolute atomic E-state index is 12.0. The van der Waals surface area contributed by atoms with Crippen molar-refractivity contribution in [3.05, 3.63) is 12.2 Å². The second-order valence-electron chi connectivity index (χ2n) is 6.64. The summed E-state index contributed by atoms with van der Waals surface area (Å²) in [5.74, 6) is -0.617. The van der Waals surface area contributed by atoms with Crippen molar-refractivity contribution in [2.24, 2.45) is 5.92 Å². The van der Waals surface area contributed by atoms with Gasteiger partial charge in [0.2, 0.25) is 5.91 Å². The summed E-state index contributed by atoms with van der Waals surface area (Å²) in [4.78, 5) is 40.3. The molecule has 0 spiro atoms. The molecule has 0 aromatic carbocycles. The summed E-state index contributed by atoms with van der Waals surface area (Å²) in [6, 6.07) is -0.497. The van der Waals surface area contributed by atoms with Gasteiger partial charge in [0.1, 0.15) is 5.60 Å². The van der Waals surface area contributed by atoms with Crippen LogP contribution in [0.2, 0.25) is 0 Å². The second-order valence-corrected chi connectivity index (χ2v) is 6.64. The van der Waals surface area contributed by atoms with Gasteiger partial charge in [0.15, 0.2) is 0 Å². The summed E-state index contributed by atoms with van der Waals surface area (Å²) < 4.78 is 5.23. The predicted octanol–water partition coefficient (Wildman–Crippen LogP) is 0.982. The third kappa shape index (κ3) is 6.99. The number of amides is 3. The highest BCUT2D eigenvalue weighted by Gasteiger charge is 2.28. The number of ether oxygens (including phenoxy) is 1. The Hall–Kier alpha value is -2.09. The molecular weight excluding hydrogens is 314 g/mol. The molecule has 2 N–H and O–H groups in total. The van der Waals surface area contributed by atoms with Crippen LogP contribution in [0, 0.1) is 5.92 Å². The van der Waals surface area contributed by atoms with E-state index < -0.39 is 17.7 Å². The van der Waals surface area contributed by atoms with Crippen molar-refractivity contribution in [3.8, 4) is 0 Å². The fraction of sp³-hybridized carbons (Fsp3) is 0.688. The van der Waals surface area contributed by atoms with Crippen molar-refractivity contribution in [1.29, 1.82) is 0 Å². The summed E-state index contributed by atoms with van der Waals surface area (Å²) in [5.41, 5.74) is -0.630. The molecule has 0 radical (unpaired) electrons. The lowest BCUT2D eigenvalue weighted by Crippen LogP contribution is -2.40. The average Bonchev–Trinajstić information content (AvgIpc) is 2.86. The van der Waals surface area contributed by atoms with Crippen LogP contribution in [0.15, 0.2) is 12.2 Å². The van der Waals surface area contributed by atoms with Gasteiger partial charge in [-0.2, -0.15) is 0 Å². The number of hydrogen-bond acceptors (Lipinski definition) is 5. The molecule has 8 heteroatoms. The van der Waals surface area contributed by atoms with Crippen LogP contribution in [0.25, 0.3) is 0 Å². The number of nitrogens with one attached hydrogen (secondary N) is 2. The Bertz CT molecular complexity index is 498. The van der Waals surface area contributed by atoms with Gasteiger partial charge in [-0.15, -0.1) is 0 Å². The Kier molecular flexibility index (Phi) is 7.21. The van der Waals surface area contributed by atoms with Crippen LogP contribution >= 0.6 is 0 Å². The Morgan fingerprint density at radius 2 is 2.12 bits per heavy atom. The Balaban J connectivity index is 2.74. The van der Waals surface area contributed by atoms with Crippen molar-refractivity contribution < 1.29 is 24.0 Å². The zero-order valence-corrected chi connectivity index (χ0v) is 14.9. The van der Waals surface area contributed by atoms with E-state index in [1.807, 2.05) is 0 Å². The van der Waals surface area contributed by atoms with E-state index in [4.69, 9.17) is 9.57 Å². The molecular formula is C16H27N3O5. The number of likely N-dealkylation sites (N-methyl/N-ethyl adjacent to an activating group) is 1. The van der Waals surface area contributed by atoms with Crippen LogP contribution in [0.5, 0.6) is 0 Å². The SMILES string of the molecule is CON(C)C(=O)/C=C/[C@H](C[C@@H]1CCNC1=O)NC(=O)OC(C)(C)C. The lowest BCUT2D eigenvalue weighted by Gasteiger charge is -2.23. The minimum atomic E-state index is -0.630. The first kappa shape index (κ1) is 20.0. The highest BCUT2D eigenvalue weighted by atomic mass is 16.7. The van der Waals surface area contributed by atoms with Crippen LogP contribution in [0.4, 0.5) is 4.79 Å². The molecule has 2 atom stereocenters. The first-order valence-corrected chi connectivity index (χ1v) is 7.89. The smallest absolute Gasteiger partial charge is 0.408 e. The van der Waals surface area contributed by atoms with E-state index in [1.54, 1.807) is 26.8 Å². The number of rotatable bonds is 6. The summed E-state index contributed by atoms with van der Waals surface area (Å²) in [6.45, 7) is 5.91. The Morgan fingerprint density at radius 1 is 1.46 bits per heavy atom. The highest BCUT2D eigenvalue weighted by Crippen LogP contribution is 2.17. The highest BCUT2D eigenvalue weighted by molar-refractivity contribution is 5.86. The predicted molar refractivity (Wildman–Crippen MR) is 87.8 cm³/mol. The zero-order chi connectivity index (χ0) is 18.3. The van der Waals surface area contributed by atoms with Crippen LogP contribution in [0.3, 0.4) is 0 Å². The molecule has 1 heterocycles. The normalized spacial score (nSPS) is 19.0. The number of alkyl carbamates (subject to hydrolysis) is 1. The molecule has 0 aliphatic carbocycles. The number of carbonyl (C=O) groups excluding carboxylic acids is 3. The Morgan fingerprint density at radius 3 is 2.62 bits per heavy atom. The number of hydroxylamine groups is 2. The van der Waals surface area contributed by atoms with Gasteiger partial charge >= 0.3 is 6.09 Å². The third-order valence-corrected chi connectivity index (χ3v) is 3.46. The first-order valence-electron chi connectivity index (χ1n) is 7.89. The number of carbonyl (C=O) groups is 3. The monoisotopic (exact) mass is 341 g/mol. The van der Waals surface area contributed by atoms with E-state index in [-0.39, 0.29) is 17.7 Å². The quantitative estimate of drug-likeness (QED) is 0.554. The maximum atomic E-state index is 12.0. The number of nitrogens with zero attached hydrogens (tertiary/aromatic N) is 1. The minimum absolute atomic E-state index is 0.0419. The standard InChI is InChI=1S/C16H27N3O5/c1-16(2,3)24-15(22)18-12(6-7-13(20)19(4)23-5)10-11-8-9-17-14(11)21/h6-7,11-12H,8-10H2,1-5H3,(H,17,21)(H,18,22)/b7-6+/t11-,12+/m0/s1. The van der Waals surface area contributed by atoms with Gasteiger partial charge in [0.25, 0.3) is 5.91 Å². The van der Waals surface area contributed by atoms with Gasteiger partial charge in [-0.1, -0.05) is 6.08 Å².